The number of rotatable bonds is 3. The number of methoxy groups -OCH3 is 1. The first-order valence-corrected chi connectivity index (χ1v) is 7.09. The van der Waals surface area contributed by atoms with Crippen LogP contribution in [0.1, 0.15) is 26.2 Å². The van der Waals surface area contributed by atoms with Gasteiger partial charge in [-0.15, -0.1) is 0 Å². The second kappa shape index (κ2) is 6.61. The maximum atomic E-state index is 12.4. The monoisotopic (exact) mass is 277 g/mol. The third kappa shape index (κ3) is 3.22. The van der Waals surface area contributed by atoms with Crippen molar-refractivity contribution in [2.75, 3.05) is 19.0 Å². The van der Waals surface area contributed by atoms with Crippen LogP contribution in [0.25, 0.3) is 0 Å². The molecule has 2 amide bonds. The molecule has 0 aliphatic carbocycles. The number of benzene rings is 1. The molecule has 2 rings (SSSR count). The van der Waals surface area contributed by atoms with Gasteiger partial charge < -0.3 is 20.7 Å². The van der Waals surface area contributed by atoms with Gasteiger partial charge in [0.25, 0.3) is 0 Å². The van der Waals surface area contributed by atoms with E-state index >= 15 is 0 Å². The summed E-state index contributed by atoms with van der Waals surface area (Å²) < 4.78 is 5.10. The Balaban J connectivity index is 2.05. The van der Waals surface area contributed by atoms with E-state index in [1.807, 2.05) is 29.2 Å². The number of carbonyl (C=O) groups is 1. The average Bonchev–Trinajstić information content (AvgIpc) is 2.47. The summed E-state index contributed by atoms with van der Waals surface area (Å²) in [5.74, 6) is 0.772. The summed E-state index contributed by atoms with van der Waals surface area (Å²) in [5.41, 5.74) is 6.55. The van der Waals surface area contributed by atoms with Gasteiger partial charge >= 0.3 is 6.03 Å². The summed E-state index contributed by atoms with van der Waals surface area (Å²) in [5, 5.41) is 2.93. The van der Waals surface area contributed by atoms with Gasteiger partial charge in [-0.05, 0) is 50.5 Å². The molecule has 0 radical (unpaired) electrons. The predicted molar refractivity (Wildman–Crippen MR) is 80.0 cm³/mol. The molecule has 20 heavy (non-hydrogen) atoms. The van der Waals surface area contributed by atoms with Crippen LogP contribution in [-0.2, 0) is 0 Å². The Bertz CT molecular complexity index is 447. The Labute approximate surface area is 120 Å². The van der Waals surface area contributed by atoms with Gasteiger partial charge in [0.15, 0.2) is 0 Å². The van der Waals surface area contributed by atoms with Crippen LogP contribution in [0.3, 0.4) is 0 Å². The summed E-state index contributed by atoms with van der Waals surface area (Å²) in [4.78, 5) is 14.3. The number of carbonyl (C=O) groups excluding carboxylic acids is 1. The van der Waals surface area contributed by atoms with Gasteiger partial charge in [0.1, 0.15) is 5.75 Å². The van der Waals surface area contributed by atoms with E-state index in [0.29, 0.717) is 6.54 Å². The second-order valence-corrected chi connectivity index (χ2v) is 5.24. The first-order valence-electron chi connectivity index (χ1n) is 7.09. The molecule has 0 aromatic heterocycles. The molecular weight excluding hydrogens is 254 g/mol. The maximum Gasteiger partial charge on any atom is 0.322 e. The third-order valence-corrected chi connectivity index (χ3v) is 3.88. The van der Waals surface area contributed by atoms with Crippen LogP contribution in [0.2, 0.25) is 0 Å². The lowest BCUT2D eigenvalue weighted by Gasteiger charge is -2.40. The molecule has 1 aromatic rings. The molecule has 1 aromatic carbocycles. The lowest BCUT2D eigenvalue weighted by atomic mass is 9.97. The lowest BCUT2D eigenvalue weighted by molar-refractivity contribution is 0.128. The van der Waals surface area contributed by atoms with Crippen molar-refractivity contribution in [3.63, 3.8) is 0 Å². The number of nitrogens with two attached hydrogens (primary N) is 1. The average molecular weight is 277 g/mol. The molecule has 0 bridgehead atoms. The van der Waals surface area contributed by atoms with Crippen LogP contribution >= 0.6 is 0 Å². The summed E-state index contributed by atoms with van der Waals surface area (Å²) >= 11 is 0. The Kier molecular flexibility index (Phi) is 4.84. The minimum Gasteiger partial charge on any atom is -0.497 e. The van der Waals surface area contributed by atoms with Crippen molar-refractivity contribution in [1.29, 1.82) is 0 Å². The Morgan fingerprint density at radius 1 is 1.40 bits per heavy atom. The molecule has 1 aliphatic heterocycles. The highest BCUT2D eigenvalue weighted by Crippen LogP contribution is 2.23. The van der Waals surface area contributed by atoms with E-state index in [0.717, 1.165) is 30.7 Å². The molecule has 1 saturated heterocycles. The van der Waals surface area contributed by atoms with E-state index < -0.39 is 0 Å². The summed E-state index contributed by atoms with van der Waals surface area (Å²) in [7, 11) is 1.62. The molecule has 110 valence electrons. The number of amides is 2. The highest BCUT2D eigenvalue weighted by Gasteiger charge is 2.30. The van der Waals surface area contributed by atoms with Crippen LogP contribution < -0.4 is 15.8 Å². The van der Waals surface area contributed by atoms with Gasteiger partial charge in [0, 0.05) is 24.3 Å². The third-order valence-electron chi connectivity index (χ3n) is 3.88. The van der Waals surface area contributed by atoms with Crippen LogP contribution in [0.5, 0.6) is 5.75 Å². The number of urea groups is 1. The molecule has 2 atom stereocenters. The minimum absolute atomic E-state index is 0.0715. The number of ether oxygens (including phenoxy) is 1. The Hall–Kier alpha value is -1.75. The number of hydrogen-bond donors (Lipinski definition) is 2. The van der Waals surface area contributed by atoms with Crippen molar-refractivity contribution < 1.29 is 9.53 Å². The minimum atomic E-state index is -0.0715. The van der Waals surface area contributed by atoms with Crippen LogP contribution in [0.4, 0.5) is 10.5 Å². The number of hydrogen-bond acceptors (Lipinski definition) is 3. The first kappa shape index (κ1) is 14.7. The first-order chi connectivity index (χ1) is 9.65. The van der Waals surface area contributed by atoms with Gasteiger partial charge in [-0.1, -0.05) is 0 Å². The number of likely N-dealkylation sites (tertiary alicyclic amines) is 1. The fourth-order valence-electron chi connectivity index (χ4n) is 2.75. The fraction of sp³-hybridized carbons (Fsp3) is 0.533. The maximum absolute atomic E-state index is 12.4. The molecule has 1 heterocycles. The van der Waals surface area contributed by atoms with Gasteiger partial charge in [-0.3, -0.25) is 0 Å². The fourth-order valence-corrected chi connectivity index (χ4v) is 2.75. The van der Waals surface area contributed by atoms with Crippen LogP contribution in [0, 0.1) is 0 Å². The van der Waals surface area contributed by atoms with Crippen molar-refractivity contribution >= 4 is 11.7 Å². The van der Waals surface area contributed by atoms with Crippen molar-refractivity contribution in [1.82, 2.24) is 4.90 Å². The molecular formula is C15H23N3O2. The predicted octanol–water partition coefficient (Wildman–Crippen LogP) is 2.43. The van der Waals surface area contributed by atoms with Gasteiger partial charge in [0.05, 0.1) is 7.11 Å². The van der Waals surface area contributed by atoms with E-state index in [2.05, 4.69) is 12.2 Å². The van der Waals surface area contributed by atoms with Crippen molar-refractivity contribution in [3.05, 3.63) is 24.3 Å². The number of anilines is 1. The van der Waals surface area contributed by atoms with Gasteiger partial charge in [-0.2, -0.15) is 0 Å². The van der Waals surface area contributed by atoms with Crippen molar-refractivity contribution in [2.24, 2.45) is 5.73 Å². The lowest BCUT2D eigenvalue weighted by Crippen LogP contribution is -2.53. The molecule has 5 heteroatoms. The molecule has 2 unspecified atom stereocenters. The van der Waals surface area contributed by atoms with Gasteiger partial charge in [-0.25, -0.2) is 4.79 Å². The molecule has 0 spiro atoms. The van der Waals surface area contributed by atoms with Crippen molar-refractivity contribution in [3.8, 4) is 5.75 Å². The number of nitrogens with zero attached hydrogens (tertiary/aromatic N) is 1. The second-order valence-electron chi connectivity index (χ2n) is 5.24. The van der Waals surface area contributed by atoms with Crippen LogP contribution in [-0.4, -0.2) is 36.7 Å². The SMILES string of the molecule is COc1ccc(NC(=O)N2C(C)CCCC2CN)cc1. The zero-order chi connectivity index (χ0) is 14.5. The van der Waals surface area contributed by atoms with Gasteiger partial charge in [0.2, 0.25) is 0 Å². The molecule has 1 aliphatic rings. The zero-order valence-electron chi connectivity index (χ0n) is 12.1. The molecule has 3 N–H and O–H groups in total. The highest BCUT2D eigenvalue weighted by molar-refractivity contribution is 5.89. The smallest absolute Gasteiger partial charge is 0.322 e. The summed E-state index contributed by atoms with van der Waals surface area (Å²) in [6.07, 6.45) is 3.15. The largest absolute Gasteiger partial charge is 0.497 e. The Morgan fingerprint density at radius 3 is 2.70 bits per heavy atom. The molecule has 5 nitrogen and oxygen atoms in total. The summed E-state index contributed by atoms with van der Waals surface area (Å²) in [6.45, 7) is 2.59. The standard InChI is InChI=1S/C15H23N3O2/c1-11-4-3-5-13(10-16)18(11)15(19)17-12-6-8-14(20-2)9-7-12/h6-9,11,13H,3-5,10,16H2,1-2H3,(H,17,19). The van der Waals surface area contributed by atoms with E-state index in [1.165, 1.54) is 0 Å². The topological polar surface area (TPSA) is 67.6 Å². The zero-order valence-corrected chi connectivity index (χ0v) is 12.1. The van der Waals surface area contributed by atoms with E-state index in [-0.39, 0.29) is 18.1 Å². The van der Waals surface area contributed by atoms with E-state index in [1.54, 1.807) is 7.11 Å². The molecule has 1 fully saturated rings. The number of piperidine rings is 1. The van der Waals surface area contributed by atoms with Crippen molar-refractivity contribution in [2.45, 2.75) is 38.3 Å². The quantitative estimate of drug-likeness (QED) is 0.891. The highest BCUT2D eigenvalue weighted by atomic mass is 16.5. The van der Waals surface area contributed by atoms with Crippen LogP contribution in [0.15, 0.2) is 24.3 Å². The number of nitrogens with one attached hydrogen (secondary N) is 1. The summed E-state index contributed by atoms with van der Waals surface area (Å²) in [6, 6.07) is 7.63. The van der Waals surface area contributed by atoms with E-state index in [9.17, 15) is 4.79 Å². The normalized spacial score (nSPS) is 22.4. The molecule has 0 saturated carbocycles. The Morgan fingerprint density at radius 2 is 2.10 bits per heavy atom. The van der Waals surface area contributed by atoms with E-state index in [4.69, 9.17) is 10.5 Å².